The van der Waals surface area contributed by atoms with E-state index in [1.54, 1.807) is 28.8 Å². The van der Waals surface area contributed by atoms with Gasteiger partial charge in [-0.2, -0.15) is 0 Å². The summed E-state index contributed by atoms with van der Waals surface area (Å²) in [7, 11) is 1.48. The standard InChI is InChI=1S/C29H24F3N5O4S/c1-40-28-36-35-26(42-28)13-41-25-4-2-3-21(34-25)18-12-19(31)17(9-20(18)32)11-24-33-22-6-5-16(27(38)39)10-23(22)37(24)15-29(14-30)7-8-29/h2-6,9-10,12H,7-8,11,13-15H2,1H3,(H,38,39). The fourth-order valence-corrected chi connectivity index (χ4v) is 5.28. The molecule has 5 aromatic rings. The van der Waals surface area contributed by atoms with Crippen molar-refractivity contribution >= 4 is 28.3 Å². The maximum atomic E-state index is 15.5. The van der Waals surface area contributed by atoms with Crippen LogP contribution in [0.4, 0.5) is 13.2 Å². The number of hydrogen-bond acceptors (Lipinski definition) is 8. The molecule has 0 saturated heterocycles. The number of alkyl halides is 1. The third-order valence-electron chi connectivity index (χ3n) is 7.26. The van der Waals surface area contributed by atoms with Gasteiger partial charge in [0.2, 0.25) is 5.88 Å². The van der Waals surface area contributed by atoms with Crippen molar-refractivity contribution in [1.29, 1.82) is 0 Å². The number of aromatic carboxylic acids is 1. The van der Waals surface area contributed by atoms with Gasteiger partial charge in [-0.25, -0.2) is 23.5 Å². The number of carboxylic acid groups (broad SMARTS) is 1. The number of hydrogen-bond donors (Lipinski definition) is 1. The molecular weight excluding hydrogens is 571 g/mol. The Morgan fingerprint density at radius 1 is 1.10 bits per heavy atom. The van der Waals surface area contributed by atoms with E-state index in [-0.39, 0.29) is 47.8 Å². The van der Waals surface area contributed by atoms with Crippen LogP contribution in [0.3, 0.4) is 0 Å². The molecule has 1 fully saturated rings. The number of fused-ring (bicyclic) bond motifs is 1. The molecule has 1 N–H and O–H groups in total. The van der Waals surface area contributed by atoms with Crippen molar-refractivity contribution in [1.82, 2.24) is 24.7 Å². The molecule has 3 aromatic heterocycles. The molecule has 0 radical (unpaired) electrons. The van der Waals surface area contributed by atoms with Gasteiger partial charge in [0, 0.05) is 30.0 Å². The topological polar surface area (TPSA) is 112 Å². The summed E-state index contributed by atoms with van der Waals surface area (Å²) in [6.07, 6.45) is 1.29. The molecule has 0 amide bonds. The van der Waals surface area contributed by atoms with E-state index in [0.717, 1.165) is 12.1 Å². The monoisotopic (exact) mass is 595 g/mol. The lowest BCUT2D eigenvalue weighted by Gasteiger charge is -2.16. The summed E-state index contributed by atoms with van der Waals surface area (Å²) in [6, 6.07) is 11.4. The van der Waals surface area contributed by atoms with Crippen LogP contribution in [-0.4, -0.2) is 49.6 Å². The number of halogens is 3. The van der Waals surface area contributed by atoms with Gasteiger partial charge in [0.05, 0.1) is 36.1 Å². The van der Waals surface area contributed by atoms with Crippen molar-refractivity contribution in [3.8, 4) is 22.3 Å². The van der Waals surface area contributed by atoms with Crippen molar-refractivity contribution in [3.05, 3.63) is 82.1 Å². The lowest BCUT2D eigenvalue weighted by atomic mass is 10.0. The number of methoxy groups -OCH3 is 1. The van der Waals surface area contributed by atoms with E-state index in [9.17, 15) is 14.3 Å². The fourth-order valence-electron chi connectivity index (χ4n) is 4.71. The predicted octanol–water partition coefficient (Wildman–Crippen LogP) is 5.85. The molecule has 216 valence electrons. The minimum Gasteiger partial charge on any atom is -0.478 e. The Kier molecular flexibility index (Phi) is 7.27. The van der Waals surface area contributed by atoms with Crippen LogP contribution in [0.15, 0.2) is 48.5 Å². The summed E-state index contributed by atoms with van der Waals surface area (Å²) in [5, 5.41) is 18.2. The average Bonchev–Trinajstić information content (AvgIpc) is 3.48. The Labute approximate surface area is 241 Å². The highest BCUT2D eigenvalue weighted by atomic mass is 32.1. The first-order valence-electron chi connectivity index (χ1n) is 13.0. The van der Waals surface area contributed by atoms with Gasteiger partial charge in [-0.05, 0) is 54.8 Å². The zero-order valence-corrected chi connectivity index (χ0v) is 23.1. The average molecular weight is 596 g/mol. The Bertz CT molecular complexity index is 1800. The van der Waals surface area contributed by atoms with Gasteiger partial charge in [0.1, 0.15) is 24.1 Å². The summed E-state index contributed by atoms with van der Waals surface area (Å²) >= 11 is 1.21. The normalized spacial score (nSPS) is 13.8. The van der Waals surface area contributed by atoms with Crippen LogP contribution in [-0.2, 0) is 19.6 Å². The zero-order chi connectivity index (χ0) is 29.4. The van der Waals surface area contributed by atoms with Crippen molar-refractivity contribution in [2.24, 2.45) is 5.41 Å². The highest BCUT2D eigenvalue weighted by Gasteiger charge is 2.44. The molecule has 0 unspecified atom stereocenters. The molecule has 6 rings (SSSR count). The third-order valence-corrected chi connectivity index (χ3v) is 8.12. The SMILES string of the molecule is COc1nnc(COc2cccc(-c3cc(F)c(Cc4nc5ccc(C(=O)O)cc5n4CC4(CF)CC4)cc3F)n2)s1. The summed E-state index contributed by atoms with van der Waals surface area (Å²) in [4.78, 5) is 20.5. The molecule has 42 heavy (non-hydrogen) atoms. The van der Waals surface area contributed by atoms with Crippen molar-refractivity contribution in [3.63, 3.8) is 0 Å². The van der Waals surface area contributed by atoms with Crippen LogP contribution >= 0.6 is 11.3 Å². The number of pyridine rings is 1. The number of rotatable bonds is 11. The van der Waals surface area contributed by atoms with E-state index in [1.807, 2.05) is 0 Å². The first-order chi connectivity index (χ1) is 20.3. The lowest BCUT2D eigenvalue weighted by molar-refractivity contribution is 0.0697. The van der Waals surface area contributed by atoms with Crippen molar-refractivity contribution in [2.45, 2.75) is 32.4 Å². The fraction of sp³-hybridized carbons (Fsp3) is 0.276. The first-order valence-corrected chi connectivity index (χ1v) is 13.8. The molecule has 3 heterocycles. The molecule has 0 aliphatic heterocycles. The van der Waals surface area contributed by atoms with Crippen LogP contribution in [0, 0.1) is 17.0 Å². The van der Waals surface area contributed by atoms with E-state index in [2.05, 4.69) is 20.2 Å². The second-order valence-electron chi connectivity index (χ2n) is 10.2. The number of benzene rings is 2. The molecule has 2 aromatic carbocycles. The molecule has 9 nitrogen and oxygen atoms in total. The first kappa shape index (κ1) is 27.6. The largest absolute Gasteiger partial charge is 0.478 e. The van der Waals surface area contributed by atoms with Crippen LogP contribution in [0.5, 0.6) is 11.1 Å². The Balaban J connectivity index is 1.28. The zero-order valence-electron chi connectivity index (χ0n) is 22.3. The number of imidazole rings is 1. The van der Waals surface area contributed by atoms with Gasteiger partial charge in [-0.15, -0.1) is 5.10 Å². The van der Waals surface area contributed by atoms with Gasteiger partial charge < -0.3 is 19.1 Å². The molecular formula is C29H24F3N5O4S. The predicted molar refractivity (Wildman–Crippen MR) is 148 cm³/mol. The quantitative estimate of drug-likeness (QED) is 0.202. The van der Waals surface area contributed by atoms with E-state index in [0.29, 0.717) is 39.9 Å². The van der Waals surface area contributed by atoms with Crippen LogP contribution in [0.2, 0.25) is 0 Å². The summed E-state index contributed by atoms with van der Waals surface area (Å²) < 4.78 is 57.1. The van der Waals surface area contributed by atoms with E-state index in [4.69, 9.17) is 9.47 Å². The van der Waals surface area contributed by atoms with Crippen LogP contribution in [0.25, 0.3) is 22.3 Å². The third kappa shape index (κ3) is 5.51. The highest BCUT2D eigenvalue weighted by molar-refractivity contribution is 7.13. The molecule has 13 heteroatoms. The van der Waals surface area contributed by atoms with Gasteiger partial charge in [0.15, 0.2) is 5.01 Å². The molecule has 1 aliphatic rings. The van der Waals surface area contributed by atoms with E-state index >= 15 is 8.78 Å². The van der Waals surface area contributed by atoms with Crippen LogP contribution in [0.1, 0.15) is 39.6 Å². The molecule has 0 spiro atoms. The van der Waals surface area contributed by atoms with Gasteiger partial charge in [-0.1, -0.05) is 22.5 Å². The van der Waals surface area contributed by atoms with Crippen LogP contribution < -0.4 is 9.47 Å². The number of nitrogens with zero attached hydrogens (tertiary/aromatic N) is 5. The number of aromatic nitrogens is 5. The van der Waals surface area contributed by atoms with Gasteiger partial charge >= 0.3 is 5.97 Å². The van der Waals surface area contributed by atoms with Crippen molar-refractivity contribution in [2.75, 3.05) is 13.8 Å². The molecule has 1 saturated carbocycles. The number of carboxylic acids is 1. The lowest BCUT2D eigenvalue weighted by Crippen LogP contribution is -2.16. The van der Waals surface area contributed by atoms with Gasteiger partial charge in [-0.3, -0.25) is 4.39 Å². The molecule has 0 atom stereocenters. The summed E-state index contributed by atoms with van der Waals surface area (Å²) in [6.45, 7) is -0.194. The second kappa shape index (κ2) is 11.0. The highest BCUT2D eigenvalue weighted by Crippen LogP contribution is 2.48. The van der Waals surface area contributed by atoms with Gasteiger partial charge in [0.25, 0.3) is 5.19 Å². The number of carbonyl (C=O) groups is 1. The second-order valence-corrected chi connectivity index (χ2v) is 11.2. The maximum Gasteiger partial charge on any atom is 0.335 e. The smallest absolute Gasteiger partial charge is 0.335 e. The minimum absolute atomic E-state index is 0.0479. The summed E-state index contributed by atoms with van der Waals surface area (Å²) in [5.41, 5.74) is 0.685. The molecule has 1 aliphatic carbocycles. The minimum atomic E-state index is -1.11. The summed E-state index contributed by atoms with van der Waals surface area (Å²) in [5.74, 6) is -1.88. The molecule has 0 bridgehead atoms. The Morgan fingerprint density at radius 3 is 2.64 bits per heavy atom. The number of ether oxygens (including phenoxy) is 2. The van der Waals surface area contributed by atoms with E-state index in [1.165, 1.54) is 30.6 Å². The maximum absolute atomic E-state index is 15.5. The van der Waals surface area contributed by atoms with E-state index < -0.39 is 29.7 Å². The Morgan fingerprint density at radius 2 is 1.93 bits per heavy atom. The van der Waals surface area contributed by atoms with Crippen molar-refractivity contribution < 1.29 is 32.5 Å². The Hall–Kier alpha value is -4.52.